The van der Waals surface area contributed by atoms with Crippen LogP contribution in [0.15, 0.2) is 197 Å². The molecule has 22 heteroatoms. The van der Waals surface area contributed by atoms with Crippen LogP contribution in [0.4, 0.5) is 17.5 Å². The summed E-state index contributed by atoms with van der Waals surface area (Å²) in [5.41, 5.74) is 12.2. The number of nitrogens with two attached hydrogens (primary N) is 1. The van der Waals surface area contributed by atoms with Gasteiger partial charge in [0.05, 0.1) is 28.9 Å². The lowest BCUT2D eigenvalue weighted by Crippen LogP contribution is -2.29. The quantitative estimate of drug-likeness (QED) is 0.0352. The summed E-state index contributed by atoms with van der Waals surface area (Å²) in [5, 5.41) is 23.9. The molecule has 0 atom stereocenters. The molecule has 0 saturated heterocycles. The number of aromatic nitrogens is 8. The Labute approximate surface area is 565 Å². The van der Waals surface area contributed by atoms with Crippen LogP contribution in [-0.2, 0) is 0 Å². The molecule has 0 unspecified atom stereocenters. The number of benzene rings is 3. The number of pyridine rings is 8. The van der Waals surface area contributed by atoms with Gasteiger partial charge in [-0.15, -0.1) is 0 Å². The Kier molecular flexibility index (Phi) is 28.0. The highest BCUT2D eigenvalue weighted by Gasteiger charge is 2.17. The van der Waals surface area contributed by atoms with Crippen molar-refractivity contribution in [3.63, 3.8) is 0 Å². The predicted molar refractivity (Wildman–Crippen MR) is 388 cm³/mol. The summed E-state index contributed by atoms with van der Waals surface area (Å²) in [6.45, 7) is 27.9. The van der Waals surface area contributed by atoms with Gasteiger partial charge in [-0.25, -0.2) is 24.9 Å². The van der Waals surface area contributed by atoms with E-state index >= 15 is 0 Å². The second-order valence-corrected chi connectivity index (χ2v) is 23.7. The summed E-state index contributed by atoms with van der Waals surface area (Å²) in [6.07, 6.45) is 8.53. The maximum Gasteiger partial charge on any atom is 0.488 e. The van der Waals surface area contributed by atoms with Crippen LogP contribution >= 0.6 is 23.2 Å². The third kappa shape index (κ3) is 21.1. The van der Waals surface area contributed by atoms with Gasteiger partial charge in [0.1, 0.15) is 52.5 Å². The van der Waals surface area contributed by atoms with E-state index in [2.05, 4.69) is 72.7 Å². The molecule has 496 valence electrons. The first-order chi connectivity index (χ1) is 45.7. The van der Waals surface area contributed by atoms with Crippen LogP contribution in [0.3, 0.4) is 0 Å². The van der Waals surface area contributed by atoms with Crippen LogP contribution in [0.2, 0.25) is 10.3 Å². The van der Waals surface area contributed by atoms with E-state index in [4.69, 9.17) is 48.5 Å². The molecular weight excluding hydrogens is 1240 g/mol. The van der Waals surface area contributed by atoms with Gasteiger partial charge in [0.25, 0.3) is 16.7 Å². The van der Waals surface area contributed by atoms with Gasteiger partial charge in [0.2, 0.25) is 0 Å². The van der Waals surface area contributed by atoms with E-state index in [0.29, 0.717) is 46.4 Å². The summed E-state index contributed by atoms with van der Waals surface area (Å²) < 4.78 is 14.8. The zero-order chi connectivity index (χ0) is 68.6. The summed E-state index contributed by atoms with van der Waals surface area (Å²) in [7, 11) is -1.34. The lowest BCUT2D eigenvalue weighted by Gasteiger charge is -2.18. The highest BCUT2D eigenvalue weighted by atomic mass is 35.5. The average molecular weight is 1320 g/mol. The number of nitrogens with one attached hydrogen (secondary N) is 2. The Morgan fingerprint density at radius 2 is 0.947 bits per heavy atom. The van der Waals surface area contributed by atoms with Gasteiger partial charge >= 0.3 is 7.12 Å². The van der Waals surface area contributed by atoms with Crippen molar-refractivity contribution in [3.8, 4) is 22.9 Å². The van der Waals surface area contributed by atoms with E-state index < -0.39 is 7.12 Å². The average Bonchev–Trinajstić information content (AvgIpc) is 0.781. The first-order valence-electron chi connectivity index (χ1n) is 31.8. The van der Waals surface area contributed by atoms with Crippen LogP contribution in [0.25, 0.3) is 44.1 Å². The molecule has 0 spiro atoms. The SMILES string of the molecule is CC(C)c1cc2cnc(Cl)cc2[nH]c1=O.CC(C)c1cc2cnc(Cl)cc2n(-c2ccccc2)c1=O.CCN(CC)CCOc1ccc(N)nc1.CCN(CC)CCOc1ccc(Nc2cc3c(cn2)cc(C(C)C)c(=O)n3-c2ccccc2)nc1.OB(O)c1ccccc1. The number of H-pyrrole nitrogens is 1. The van der Waals surface area contributed by atoms with Crippen molar-refractivity contribution in [1.82, 2.24) is 48.8 Å². The topological polar surface area (TPSA) is 245 Å². The minimum Gasteiger partial charge on any atom is -0.491 e. The highest BCUT2D eigenvalue weighted by molar-refractivity contribution is 6.58. The fourth-order valence-corrected chi connectivity index (χ4v) is 10.3. The second kappa shape index (κ2) is 36.4. The van der Waals surface area contributed by atoms with Crippen LogP contribution < -0.4 is 42.7 Å². The van der Waals surface area contributed by atoms with Gasteiger partial charge in [0.15, 0.2) is 0 Å². The number of ether oxygens (including phenoxy) is 2. The number of aromatic amines is 1. The molecule has 8 heterocycles. The molecule has 0 aliphatic heterocycles. The molecule has 0 aliphatic rings. The number of fused-ring (bicyclic) bond motifs is 3. The minimum absolute atomic E-state index is 0.00836. The Morgan fingerprint density at radius 1 is 0.516 bits per heavy atom. The number of likely N-dealkylation sites (N-methyl/N-ethyl adjacent to an activating group) is 2. The number of hydrogen-bond donors (Lipinski definition) is 5. The molecule has 19 nitrogen and oxygen atoms in total. The van der Waals surface area contributed by atoms with E-state index in [1.54, 1.807) is 82.6 Å². The van der Waals surface area contributed by atoms with Crippen LogP contribution in [0, 0.1) is 0 Å². The molecule has 0 amide bonds. The van der Waals surface area contributed by atoms with Gasteiger partial charge in [-0.1, -0.05) is 159 Å². The largest absolute Gasteiger partial charge is 0.491 e. The molecule has 8 aromatic heterocycles. The highest BCUT2D eigenvalue weighted by Crippen LogP contribution is 2.26. The Hall–Kier alpha value is -9.28. The number of nitrogen functional groups attached to an aromatic ring is 1. The second-order valence-electron chi connectivity index (χ2n) is 22.9. The van der Waals surface area contributed by atoms with Gasteiger partial charge in [0, 0.05) is 88.0 Å². The summed E-state index contributed by atoms with van der Waals surface area (Å²) >= 11 is 11.7. The van der Waals surface area contributed by atoms with Crippen LogP contribution in [0.1, 0.15) is 104 Å². The summed E-state index contributed by atoms with van der Waals surface area (Å²) in [5.74, 6) is 3.75. The number of hydrogen-bond acceptors (Lipinski definition) is 16. The van der Waals surface area contributed by atoms with Gasteiger partial charge in [-0.05, 0) is 122 Å². The zero-order valence-electron chi connectivity index (χ0n) is 55.6. The number of halogens is 2. The van der Waals surface area contributed by atoms with E-state index in [0.717, 1.165) is 112 Å². The van der Waals surface area contributed by atoms with Gasteiger partial charge in [-0.2, -0.15) is 0 Å². The Balaban J connectivity index is 0.000000181. The molecule has 0 bridgehead atoms. The molecular formula is C73H85BCl2N12O7. The number of para-hydroxylation sites is 2. The number of nitrogens with zero attached hydrogens (tertiary/aromatic N) is 9. The smallest absolute Gasteiger partial charge is 0.488 e. The number of anilines is 3. The van der Waals surface area contributed by atoms with Crippen LogP contribution in [-0.4, -0.2) is 118 Å². The minimum atomic E-state index is -1.34. The van der Waals surface area contributed by atoms with Crippen LogP contribution in [0.5, 0.6) is 11.5 Å². The van der Waals surface area contributed by atoms with Crippen molar-refractivity contribution in [3.05, 3.63) is 241 Å². The molecule has 0 aliphatic carbocycles. The maximum absolute atomic E-state index is 13.4. The first kappa shape index (κ1) is 73.1. The summed E-state index contributed by atoms with van der Waals surface area (Å²) in [6, 6.07) is 46.3. The first-order valence-corrected chi connectivity index (χ1v) is 32.6. The summed E-state index contributed by atoms with van der Waals surface area (Å²) in [4.78, 5) is 66.4. The standard InChI is InChI=1S/C28H33N5O2.C17H15ClN2O.C11H11ClN2O.C11H19N3O.C6H7BO2/c1-5-32(6-2)14-15-35-23-12-13-26(30-19-23)31-27-17-25-21(18-29-27)16-24(20(3)4)28(34)33(25)22-10-8-7-9-11-22;1-11(2)14-8-12-10-19-16(18)9-15(12)20(17(14)21)13-6-4-3-5-7-13;1-6(2)8-3-7-5-13-10(12)4-9(7)14-11(8)15;1-3-14(4-2)7-8-15-10-5-6-11(12)13-9-10;8-7(9)6-4-2-1-3-5-6/h7-13,16-20H,5-6,14-15H2,1-4H3,(H,29,30,31);3-11H,1-2H3;3-6H,1-2H3,(H,14,15);5-6,9H,3-4,7-8H2,1-2H3,(H2,12,13);1-5,8-9H. The molecule has 95 heavy (non-hydrogen) atoms. The molecule has 3 aromatic carbocycles. The predicted octanol–water partition coefficient (Wildman–Crippen LogP) is 13.0. The third-order valence-electron chi connectivity index (χ3n) is 15.4. The van der Waals surface area contributed by atoms with E-state index in [-0.39, 0.29) is 34.4 Å². The fourth-order valence-electron chi connectivity index (χ4n) is 9.95. The van der Waals surface area contributed by atoms with Crippen molar-refractivity contribution >= 4 is 85.9 Å². The Morgan fingerprint density at radius 3 is 1.39 bits per heavy atom. The van der Waals surface area contributed by atoms with Crippen molar-refractivity contribution in [1.29, 1.82) is 0 Å². The van der Waals surface area contributed by atoms with E-state index in [9.17, 15) is 14.4 Å². The van der Waals surface area contributed by atoms with Crippen molar-refractivity contribution in [2.45, 2.75) is 87.0 Å². The van der Waals surface area contributed by atoms with Crippen molar-refractivity contribution in [2.24, 2.45) is 0 Å². The fraction of sp³-hybridized carbons (Fsp3) is 0.288. The van der Waals surface area contributed by atoms with Crippen molar-refractivity contribution in [2.75, 3.05) is 63.5 Å². The normalized spacial score (nSPS) is 11.0. The zero-order valence-corrected chi connectivity index (χ0v) is 57.1. The lowest BCUT2D eigenvalue weighted by molar-refractivity contribution is 0.222. The molecule has 0 radical (unpaired) electrons. The molecule has 0 saturated carbocycles. The molecule has 0 fully saturated rings. The van der Waals surface area contributed by atoms with E-state index in [1.807, 2.05) is 151 Å². The Bertz CT molecular complexity index is 4370. The lowest BCUT2D eigenvalue weighted by atomic mass is 9.81. The van der Waals surface area contributed by atoms with Gasteiger partial charge < -0.3 is 45.4 Å². The molecule has 11 rings (SSSR count). The van der Waals surface area contributed by atoms with E-state index in [1.165, 1.54) is 0 Å². The monoisotopic (exact) mass is 1320 g/mol. The molecule has 6 N–H and O–H groups in total. The molecule has 11 aromatic rings. The van der Waals surface area contributed by atoms with Crippen molar-refractivity contribution < 1.29 is 19.5 Å². The maximum atomic E-state index is 13.4. The van der Waals surface area contributed by atoms with Gasteiger partial charge in [-0.3, -0.25) is 23.5 Å². The number of rotatable bonds is 20. The third-order valence-corrected chi connectivity index (χ3v) is 15.8.